The fraction of sp³-hybridized carbons (Fsp3) is 0.286. The summed E-state index contributed by atoms with van der Waals surface area (Å²) in [5.41, 5.74) is 4.67. The molecule has 0 aromatic heterocycles. The maximum absolute atomic E-state index is 12.8. The van der Waals surface area contributed by atoms with Gasteiger partial charge in [0.15, 0.2) is 0 Å². The Labute approximate surface area is 174 Å². The number of carbonyl (C=O) groups is 1. The minimum Gasteiger partial charge on any atom is -0.490 e. The summed E-state index contributed by atoms with van der Waals surface area (Å²) < 4.78 is 5.69. The van der Waals surface area contributed by atoms with Crippen LogP contribution in [0, 0.1) is 0 Å². The van der Waals surface area contributed by atoms with Gasteiger partial charge in [0, 0.05) is 11.8 Å². The summed E-state index contributed by atoms with van der Waals surface area (Å²) in [6.07, 6.45) is 11.6. The number of hydrogen-bond acceptors (Lipinski definition) is 8. The fourth-order valence-corrected chi connectivity index (χ4v) is 3.37. The molecule has 0 spiro atoms. The van der Waals surface area contributed by atoms with Crippen LogP contribution in [0.25, 0.3) is 0 Å². The van der Waals surface area contributed by atoms with Gasteiger partial charge in [-0.3, -0.25) is 9.80 Å². The smallest absolute Gasteiger partial charge is 0.272 e. The van der Waals surface area contributed by atoms with Gasteiger partial charge in [-0.15, -0.1) is 0 Å². The second-order valence-electron chi connectivity index (χ2n) is 7.05. The van der Waals surface area contributed by atoms with E-state index in [1.54, 1.807) is 23.5 Å². The number of carbonyl (C=O) groups excluding carboxylic acids is 1. The van der Waals surface area contributed by atoms with Crippen molar-refractivity contribution in [3.63, 3.8) is 0 Å². The van der Waals surface area contributed by atoms with Crippen LogP contribution in [-0.4, -0.2) is 52.8 Å². The van der Waals surface area contributed by atoms with E-state index in [4.69, 9.17) is 9.84 Å². The van der Waals surface area contributed by atoms with Gasteiger partial charge < -0.3 is 30.9 Å². The quantitative estimate of drug-likeness (QED) is 0.339. The molecule has 1 aromatic rings. The summed E-state index contributed by atoms with van der Waals surface area (Å²) in [6, 6.07) is 7.22. The monoisotopic (exact) mass is 411 g/mol. The lowest BCUT2D eigenvalue weighted by atomic mass is 10.0. The Morgan fingerprint density at radius 3 is 2.87 bits per heavy atom. The third-order valence-corrected chi connectivity index (χ3v) is 4.89. The van der Waals surface area contributed by atoms with E-state index in [1.807, 2.05) is 48.6 Å². The first-order valence-electron chi connectivity index (χ1n) is 9.76. The van der Waals surface area contributed by atoms with Gasteiger partial charge in [-0.2, -0.15) is 0 Å². The standard InChI is InChI=1S/C21H25N5O4/c27-12-14(28)13-30-18-6-2-1-5-15(18)16-8-9-20-23-11-17(26(20)25-16)21(29)24-19-7-3-4-10-22-19/h1-11,14,16,19-20,22-23,25,27-28H,12-13H2,(H,24,29)/t14-,16?,19?,20?/m1/s1. The molecule has 1 amide bonds. The van der Waals surface area contributed by atoms with E-state index in [9.17, 15) is 9.90 Å². The van der Waals surface area contributed by atoms with Crippen molar-refractivity contribution >= 4 is 5.91 Å². The maximum atomic E-state index is 12.8. The minimum absolute atomic E-state index is 0.0121. The molecule has 3 heterocycles. The maximum Gasteiger partial charge on any atom is 0.272 e. The average Bonchev–Trinajstić information content (AvgIpc) is 3.21. The molecule has 0 saturated carbocycles. The van der Waals surface area contributed by atoms with Crippen LogP contribution in [0.4, 0.5) is 0 Å². The zero-order valence-corrected chi connectivity index (χ0v) is 16.2. The van der Waals surface area contributed by atoms with Gasteiger partial charge in [0.2, 0.25) is 0 Å². The van der Waals surface area contributed by atoms with Crippen molar-refractivity contribution in [2.45, 2.75) is 24.5 Å². The Morgan fingerprint density at radius 2 is 2.07 bits per heavy atom. The Hall–Kier alpha value is -3.27. The number of amides is 1. The predicted molar refractivity (Wildman–Crippen MR) is 110 cm³/mol. The average molecular weight is 411 g/mol. The van der Waals surface area contributed by atoms with Crippen LogP contribution in [0.2, 0.25) is 0 Å². The number of benzene rings is 1. The van der Waals surface area contributed by atoms with Crippen molar-refractivity contribution in [3.05, 3.63) is 78.3 Å². The molecule has 3 unspecified atom stereocenters. The Morgan fingerprint density at radius 1 is 1.20 bits per heavy atom. The van der Waals surface area contributed by atoms with Crippen molar-refractivity contribution < 1.29 is 19.7 Å². The number of rotatable bonds is 7. The highest BCUT2D eigenvalue weighted by atomic mass is 16.5. The Bertz CT molecular complexity index is 897. The number of allylic oxidation sites excluding steroid dienone is 2. The molecule has 6 N–H and O–H groups in total. The molecular weight excluding hydrogens is 386 g/mol. The van der Waals surface area contributed by atoms with E-state index in [0.29, 0.717) is 11.4 Å². The van der Waals surface area contributed by atoms with Crippen molar-refractivity contribution in [3.8, 4) is 5.75 Å². The SMILES string of the molecule is O=C(NC1C=CC=CN1)C1=CNC2C=CC(c3ccccc3OC[C@H](O)CO)NN12. The van der Waals surface area contributed by atoms with Crippen LogP contribution in [0.15, 0.2) is 72.7 Å². The molecule has 30 heavy (non-hydrogen) atoms. The van der Waals surface area contributed by atoms with Crippen molar-refractivity contribution in [2.75, 3.05) is 13.2 Å². The van der Waals surface area contributed by atoms with E-state index in [0.717, 1.165) is 5.56 Å². The number of dihydropyridines is 1. The van der Waals surface area contributed by atoms with Crippen LogP contribution < -0.4 is 26.1 Å². The largest absolute Gasteiger partial charge is 0.490 e. The van der Waals surface area contributed by atoms with Gasteiger partial charge in [0.1, 0.15) is 36.5 Å². The lowest BCUT2D eigenvalue weighted by Crippen LogP contribution is -2.52. The first-order chi connectivity index (χ1) is 14.7. The molecule has 1 aromatic carbocycles. The number of aliphatic hydroxyl groups excluding tert-OH is 2. The molecule has 158 valence electrons. The molecule has 0 aliphatic carbocycles. The normalized spacial score (nSPS) is 25.1. The van der Waals surface area contributed by atoms with Gasteiger partial charge in [-0.25, -0.2) is 5.43 Å². The second-order valence-corrected chi connectivity index (χ2v) is 7.05. The van der Waals surface area contributed by atoms with Crippen LogP contribution in [0.1, 0.15) is 11.6 Å². The molecule has 0 saturated heterocycles. The summed E-state index contributed by atoms with van der Waals surface area (Å²) in [5.74, 6) is 0.371. The molecule has 4 rings (SSSR count). The van der Waals surface area contributed by atoms with E-state index in [-0.39, 0.29) is 37.5 Å². The van der Waals surface area contributed by atoms with Gasteiger partial charge in [0.05, 0.1) is 12.6 Å². The van der Waals surface area contributed by atoms with Crippen LogP contribution in [0.5, 0.6) is 5.75 Å². The number of hydrazine groups is 1. The molecular formula is C21H25N5O4. The number of fused-ring (bicyclic) bond motifs is 1. The highest BCUT2D eigenvalue weighted by molar-refractivity contribution is 5.93. The second kappa shape index (κ2) is 9.04. The molecule has 4 atom stereocenters. The molecule has 9 nitrogen and oxygen atoms in total. The van der Waals surface area contributed by atoms with Crippen molar-refractivity contribution in [1.82, 2.24) is 26.4 Å². The third-order valence-electron chi connectivity index (χ3n) is 4.89. The van der Waals surface area contributed by atoms with Gasteiger partial charge >= 0.3 is 0 Å². The van der Waals surface area contributed by atoms with E-state index < -0.39 is 6.10 Å². The van der Waals surface area contributed by atoms with Crippen LogP contribution in [-0.2, 0) is 4.79 Å². The molecule has 0 radical (unpaired) electrons. The highest BCUT2D eigenvalue weighted by Gasteiger charge is 2.34. The predicted octanol–water partition coefficient (Wildman–Crippen LogP) is -0.278. The van der Waals surface area contributed by atoms with E-state index in [2.05, 4.69) is 21.4 Å². The molecule has 3 aliphatic heterocycles. The Kier molecular flexibility index (Phi) is 6.03. The highest BCUT2D eigenvalue weighted by Crippen LogP contribution is 2.30. The zero-order chi connectivity index (χ0) is 20.9. The number of hydrogen-bond donors (Lipinski definition) is 6. The number of nitrogens with one attached hydrogen (secondary N) is 4. The molecule has 9 heteroatoms. The number of para-hydroxylation sites is 1. The van der Waals surface area contributed by atoms with Crippen molar-refractivity contribution in [2.24, 2.45) is 0 Å². The summed E-state index contributed by atoms with van der Waals surface area (Å²) in [6.45, 7) is -0.378. The lowest BCUT2D eigenvalue weighted by molar-refractivity contribution is -0.120. The van der Waals surface area contributed by atoms with Crippen molar-refractivity contribution in [1.29, 1.82) is 0 Å². The minimum atomic E-state index is -0.949. The van der Waals surface area contributed by atoms with Crippen LogP contribution in [0.3, 0.4) is 0 Å². The first-order valence-corrected chi connectivity index (χ1v) is 9.76. The lowest BCUT2D eigenvalue weighted by Gasteiger charge is -2.35. The molecule has 3 aliphatic rings. The Balaban J connectivity index is 1.46. The number of aliphatic hydroxyl groups is 2. The molecule has 0 bridgehead atoms. The van der Waals surface area contributed by atoms with Gasteiger partial charge in [-0.05, 0) is 30.5 Å². The topological polar surface area (TPSA) is 118 Å². The molecule has 0 fully saturated rings. The fourth-order valence-electron chi connectivity index (χ4n) is 3.37. The van der Waals surface area contributed by atoms with Gasteiger partial charge in [-0.1, -0.05) is 30.4 Å². The van der Waals surface area contributed by atoms with E-state index in [1.165, 1.54) is 0 Å². The summed E-state index contributed by atoms with van der Waals surface area (Å²) in [4.78, 5) is 12.8. The number of nitrogens with zero attached hydrogens (tertiary/aromatic N) is 1. The number of ether oxygens (including phenoxy) is 1. The van der Waals surface area contributed by atoms with Crippen LogP contribution >= 0.6 is 0 Å². The van der Waals surface area contributed by atoms with Gasteiger partial charge in [0.25, 0.3) is 5.91 Å². The third kappa shape index (κ3) is 4.33. The summed E-state index contributed by atoms with van der Waals surface area (Å²) in [7, 11) is 0. The van der Waals surface area contributed by atoms with E-state index >= 15 is 0 Å². The summed E-state index contributed by atoms with van der Waals surface area (Å²) >= 11 is 0. The first kappa shape index (κ1) is 20.0. The zero-order valence-electron chi connectivity index (χ0n) is 16.2. The summed E-state index contributed by atoms with van der Waals surface area (Å²) in [5, 5.41) is 29.5.